The highest BCUT2D eigenvalue weighted by Crippen LogP contribution is 2.26. The molecule has 4 rings (SSSR count). The molecule has 0 N–H and O–H groups in total. The number of amides is 2. The Balaban J connectivity index is 1.33. The van der Waals surface area contributed by atoms with Gasteiger partial charge in [-0.2, -0.15) is 0 Å². The SMILES string of the molecule is CC(Sc1nnc2n1CCCCC2)C(=O)N1CCN(C(=O)c2ccco2)CC1. The molecule has 2 aliphatic heterocycles. The van der Waals surface area contributed by atoms with Crippen LogP contribution in [-0.2, 0) is 17.8 Å². The first-order chi connectivity index (χ1) is 13.6. The van der Waals surface area contributed by atoms with Crippen molar-refractivity contribution < 1.29 is 14.0 Å². The van der Waals surface area contributed by atoms with E-state index in [4.69, 9.17) is 4.42 Å². The van der Waals surface area contributed by atoms with Gasteiger partial charge < -0.3 is 18.8 Å². The molecule has 4 heterocycles. The zero-order valence-corrected chi connectivity index (χ0v) is 16.9. The maximum Gasteiger partial charge on any atom is 0.289 e. The molecule has 9 heteroatoms. The Hall–Kier alpha value is -2.29. The van der Waals surface area contributed by atoms with Crippen molar-refractivity contribution in [3.8, 4) is 0 Å². The Bertz CT molecular complexity index is 827. The summed E-state index contributed by atoms with van der Waals surface area (Å²) in [5, 5.41) is 9.23. The minimum atomic E-state index is -0.233. The van der Waals surface area contributed by atoms with E-state index in [9.17, 15) is 9.59 Å². The second-order valence-electron chi connectivity index (χ2n) is 7.22. The molecule has 1 fully saturated rings. The smallest absolute Gasteiger partial charge is 0.289 e. The van der Waals surface area contributed by atoms with Crippen LogP contribution in [0.15, 0.2) is 28.0 Å². The first-order valence-electron chi connectivity index (χ1n) is 9.84. The predicted molar refractivity (Wildman–Crippen MR) is 104 cm³/mol. The highest BCUT2D eigenvalue weighted by atomic mass is 32.2. The van der Waals surface area contributed by atoms with Gasteiger partial charge in [-0.05, 0) is 31.9 Å². The fraction of sp³-hybridized carbons (Fsp3) is 0.579. The molecule has 1 saturated heterocycles. The van der Waals surface area contributed by atoms with E-state index in [-0.39, 0.29) is 17.1 Å². The molecule has 0 bridgehead atoms. The average molecular weight is 404 g/mol. The summed E-state index contributed by atoms with van der Waals surface area (Å²) in [7, 11) is 0. The van der Waals surface area contributed by atoms with Gasteiger partial charge in [0.15, 0.2) is 10.9 Å². The summed E-state index contributed by atoms with van der Waals surface area (Å²) in [5.74, 6) is 1.34. The Morgan fingerprint density at radius 1 is 1.07 bits per heavy atom. The van der Waals surface area contributed by atoms with Gasteiger partial charge in [0.1, 0.15) is 5.82 Å². The summed E-state index contributed by atoms with van der Waals surface area (Å²) in [6.07, 6.45) is 5.95. The number of nitrogens with zero attached hydrogens (tertiary/aromatic N) is 5. The molecule has 0 saturated carbocycles. The number of aryl methyl sites for hydroxylation is 1. The maximum absolute atomic E-state index is 12.9. The third kappa shape index (κ3) is 3.94. The molecule has 0 spiro atoms. The molecule has 8 nitrogen and oxygen atoms in total. The van der Waals surface area contributed by atoms with Crippen molar-refractivity contribution in [3.63, 3.8) is 0 Å². The van der Waals surface area contributed by atoms with Gasteiger partial charge in [0.05, 0.1) is 11.5 Å². The van der Waals surface area contributed by atoms with E-state index in [2.05, 4.69) is 14.8 Å². The summed E-state index contributed by atoms with van der Waals surface area (Å²) < 4.78 is 7.35. The van der Waals surface area contributed by atoms with Crippen LogP contribution >= 0.6 is 11.8 Å². The van der Waals surface area contributed by atoms with Crippen molar-refractivity contribution in [2.24, 2.45) is 0 Å². The monoisotopic (exact) mass is 403 g/mol. The van der Waals surface area contributed by atoms with Crippen LogP contribution in [0.1, 0.15) is 42.6 Å². The molecular weight excluding hydrogens is 378 g/mol. The van der Waals surface area contributed by atoms with Gasteiger partial charge in [0.2, 0.25) is 5.91 Å². The molecular formula is C19H25N5O3S. The lowest BCUT2D eigenvalue weighted by atomic mass is 10.2. The minimum Gasteiger partial charge on any atom is -0.459 e. The molecule has 0 aromatic carbocycles. The quantitative estimate of drug-likeness (QED) is 0.727. The van der Waals surface area contributed by atoms with Crippen LogP contribution < -0.4 is 0 Å². The molecule has 2 amide bonds. The summed E-state index contributed by atoms with van der Waals surface area (Å²) in [5.41, 5.74) is 0. The predicted octanol–water partition coefficient (Wildman–Crippen LogP) is 2.06. The topological polar surface area (TPSA) is 84.5 Å². The minimum absolute atomic E-state index is 0.0843. The molecule has 28 heavy (non-hydrogen) atoms. The van der Waals surface area contributed by atoms with Crippen LogP contribution in [0.5, 0.6) is 0 Å². The molecule has 0 radical (unpaired) electrons. The fourth-order valence-electron chi connectivity index (χ4n) is 3.70. The van der Waals surface area contributed by atoms with Gasteiger partial charge in [-0.25, -0.2) is 0 Å². The lowest BCUT2D eigenvalue weighted by Gasteiger charge is -2.35. The standard InChI is InChI=1S/C19H25N5O3S/c1-14(28-19-21-20-16-7-3-2-4-8-24(16)19)17(25)22-9-11-23(12-10-22)18(26)15-6-5-13-27-15/h5-6,13-14H,2-4,7-12H2,1H3. The highest BCUT2D eigenvalue weighted by molar-refractivity contribution is 8.00. The molecule has 150 valence electrons. The molecule has 1 unspecified atom stereocenters. The summed E-state index contributed by atoms with van der Waals surface area (Å²) in [4.78, 5) is 28.8. The maximum atomic E-state index is 12.9. The van der Waals surface area contributed by atoms with Gasteiger partial charge in [0.25, 0.3) is 5.91 Å². The number of rotatable bonds is 4. The van der Waals surface area contributed by atoms with Crippen molar-refractivity contribution >= 4 is 23.6 Å². The number of hydrogen-bond acceptors (Lipinski definition) is 6. The van der Waals surface area contributed by atoms with Crippen LogP contribution in [0.2, 0.25) is 0 Å². The third-order valence-electron chi connectivity index (χ3n) is 5.32. The fourth-order valence-corrected chi connectivity index (χ4v) is 4.68. The number of aromatic nitrogens is 3. The number of carbonyl (C=O) groups is 2. The number of thioether (sulfide) groups is 1. The van der Waals surface area contributed by atoms with Crippen LogP contribution in [0.25, 0.3) is 0 Å². The van der Waals surface area contributed by atoms with Crippen molar-refractivity contribution in [2.45, 2.75) is 49.6 Å². The van der Waals surface area contributed by atoms with Crippen molar-refractivity contribution in [1.82, 2.24) is 24.6 Å². The number of piperazine rings is 1. The summed E-state index contributed by atoms with van der Waals surface area (Å²) in [6.45, 7) is 4.96. The molecule has 2 aliphatic rings. The zero-order chi connectivity index (χ0) is 19.5. The van der Waals surface area contributed by atoms with Crippen LogP contribution in [0.4, 0.5) is 0 Å². The summed E-state index contributed by atoms with van der Waals surface area (Å²) >= 11 is 1.48. The van der Waals surface area contributed by atoms with Gasteiger partial charge in [-0.15, -0.1) is 10.2 Å². The van der Waals surface area contributed by atoms with Crippen molar-refractivity contribution in [2.75, 3.05) is 26.2 Å². The zero-order valence-electron chi connectivity index (χ0n) is 16.0. The van der Waals surface area contributed by atoms with Gasteiger partial charge in [-0.1, -0.05) is 18.2 Å². The normalized spacial score (nSPS) is 18.5. The lowest BCUT2D eigenvalue weighted by molar-refractivity contribution is -0.131. The summed E-state index contributed by atoms with van der Waals surface area (Å²) in [6, 6.07) is 3.37. The van der Waals surface area contributed by atoms with Gasteiger partial charge >= 0.3 is 0 Å². The Morgan fingerprint density at radius 2 is 1.86 bits per heavy atom. The van der Waals surface area contributed by atoms with E-state index in [1.165, 1.54) is 24.4 Å². The van der Waals surface area contributed by atoms with E-state index in [1.807, 2.05) is 11.8 Å². The molecule has 2 aromatic rings. The first-order valence-corrected chi connectivity index (χ1v) is 10.7. The van der Waals surface area contributed by atoms with E-state index < -0.39 is 0 Å². The number of hydrogen-bond donors (Lipinski definition) is 0. The van der Waals surface area contributed by atoms with E-state index in [1.54, 1.807) is 17.0 Å². The van der Waals surface area contributed by atoms with Crippen LogP contribution in [0.3, 0.4) is 0 Å². The second-order valence-corrected chi connectivity index (χ2v) is 8.52. The number of furan rings is 1. The largest absolute Gasteiger partial charge is 0.459 e. The van der Waals surface area contributed by atoms with Crippen molar-refractivity contribution in [1.29, 1.82) is 0 Å². The Labute approximate surface area is 168 Å². The molecule has 0 aliphatic carbocycles. The van der Waals surface area contributed by atoms with Crippen LogP contribution in [-0.4, -0.2) is 67.8 Å². The molecule has 2 aromatic heterocycles. The average Bonchev–Trinajstić information content (AvgIpc) is 3.32. The van der Waals surface area contributed by atoms with Gasteiger partial charge in [-0.3, -0.25) is 9.59 Å². The second kappa shape index (κ2) is 8.38. The first kappa shape index (κ1) is 19.0. The third-order valence-corrected chi connectivity index (χ3v) is 6.38. The van der Waals surface area contributed by atoms with E-state index in [0.717, 1.165) is 36.8 Å². The van der Waals surface area contributed by atoms with E-state index >= 15 is 0 Å². The number of fused-ring (bicyclic) bond motifs is 1. The van der Waals surface area contributed by atoms with E-state index in [0.29, 0.717) is 31.9 Å². The van der Waals surface area contributed by atoms with Gasteiger partial charge in [0, 0.05) is 39.1 Å². The Morgan fingerprint density at radius 3 is 2.61 bits per heavy atom. The van der Waals surface area contributed by atoms with Crippen molar-refractivity contribution in [3.05, 3.63) is 30.0 Å². The lowest BCUT2D eigenvalue weighted by Crippen LogP contribution is -2.52. The number of carbonyl (C=O) groups excluding carboxylic acids is 2. The van der Waals surface area contributed by atoms with Crippen LogP contribution in [0, 0.1) is 0 Å². The highest BCUT2D eigenvalue weighted by Gasteiger charge is 2.29. The molecule has 1 atom stereocenters. The Kier molecular flexibility index (Phi) is 5.70.